The van der Waals surface area contributed by atoms with Crippen LogP contribution in [0.25, 0.3) is 11.2 Å². The number of carboxylic acids is 1. The van der Waals surface area contributed by atoms with Crippen LogP contribution in [0.15, 0.2) is 12.7 Å². The standard InChI is InChI=1S/C20H34N7O6P/c1-6-7-8-32-18(28)14(3)25-34(31,26-20(4,5)19(29)30)12-33-13(2)9-27-11-24-15-16(21)22-10-23-17(15)27/h10-11,13-14H,6-9,12H2,1-5H3,(H,29,30)(H2,21,22,23)(H2,25,26,31)/t13-,14+,34?/m0/s1. The lowest BCUT2D eigenvalue weighted by atomic mass is 10.1. The molecule has 34 heavy (non-hydrogen) atoms. The largest absolute Gasteiger partial charge is 0.480 e. The second-order valence-corrected chi connectivity index (χ2v) is 10.8. The zero-order chi connectivity index (χ0) is 25.5. The van der Waals surface area contributed by atoms with E-state index < -0.39 is 37.1 Å². The van der Waals surface area contributed by atoms with E-state index in [1.807, 2.05) is 6.92 Å². The van der Waals surface area contributed by atoms with Crippen molar-refractivity contribution >= 4 is 36.4 Å². The van der Waals surface area contributed by atoms with E-state index in [1.54, 1.807) is 17.8 Å². The van der Waals surface area contributed by atoms with Crippen molar-refractivity contribution in [3.8, 4) is 0 Å². The third-order valence-electron chi connectivity index (χ3n) is 4.92. The number of rotatable bonds is 14. The minimum absolute atomic E-state index is 0.250. The Labute approximate surface area is 198 Å². The first-order valence-electron chi connectivity index (χ1n) is 11.0. The summed E-state index contributed by atoms with van der Waals surface area (Å²) in [5, 5.41) is 14.8. The van der Waals surface area contributed by atoms with Crippen molar-refractivity contribution in [2.24, 2.45) is 0 Å². The van der Waals surface area contributed by atoms with Gasteiger partial charge in [0.25, 0.3) is 0 Å². The Morgan fingerprint density at radius 2 is 2.00 bits per heavy atom. The van der Waals surface area contributed by atoms with E-state index in [2.05, 4.69) is 25.1 Å². The van der Waals surface area contributed by atoms with Crippen LogP contribution in [0.5, 0.6) is 0 Å². The molecule has 3 atom stereocenters. The van der Waals surface area contributed by atoms with Gasteiger partial charge in [-0.15, -0.1) is 0 Å². The topological polar surface area (TPSA) is 184 Å². The SMILES string of the molecule is CCCCOC(=O)[C@@H](C)NP(=O)(CO[C@@H](C)Cn1cnc2c(N)ncnc21)NC(C)(C)C(=O)O. The van der Waals surface area contributed by atoms with Gasteiger partial charge in [-0.25, -0.2) is 25.1 Å². The van der Waals surface area contributed by atoms with Gasteiger partial charge in [0.05, 0.1) is 25.6 Å². The van der Waals surface area contributed by atoms with Crippen LogP contribution in [0.1, 0.15) is 47.5 Å². The van der Waals surface area contributed by atoms with Crippen molar-refractivity contribution in [1.29, 1.82) is 0 Å². The van der Waals surface area contributed by atoms with Crippen LogP contribution in [0.3, 0.4) is 0 Å². The van der Waals surface area contributed by atoms with Gasteiger partial charge in [-0.1, -0.05) is 13.3 Å². The lowest BCUT2D eigenvalue weighted by Gasteiger charge is -2.31. The fraction of sp³-hybridized carbons (Fsp3) is 0.650. The summed E-state index contributed by atoms with van der Waals surface area (Å²) in [5.74, 6) is -1.53. The van der Waals surface area contributed by atoms with E-state index in [0.29, 0.717) is 24.1 Å². The smallest absolute Gasteiger partial charge is 0.323 e. The zero-order valence-electron chi connectivity index (χ0n) is 20.1. The molecular formula is C20H34N7O6P. The fourth-order valence-corrected chi connectivity index (χ4v) is 5.40. The predicted octanol–water partition coefficient (Wildman–Crippen LogP) is 1.74. The van der Waals surface area contributed by atoms with E-state index in [1.165, 1.54) is 27.1 Å². The molecule has 0 saturated heterocycles. The number of nitrogens with zero attached hydrogens (tertiary/aromatic N) is 4. The van der Waals surface area contributed by atoms with Crippen LogP contribution >= 0.6 is 7.44 Å². The Balaban J connectivity index is 2.10. The summed E-state index contributed by atoms with van der Waals surface area (Å²) in [6, 6.07) is -0.948. The Morgan fingerprint density at radius 1 is 1.29 bits per heavy atom. The van der Waals surface area contributed by atoms with Crippen LogP contribution in [0.4, 0.5) is 5.82 Å². The predicted molar refractivity (Wildman–Crippen MR) is 126 cm³/mol. The first-order valence-corrected chi connectivity index (χ1v) is 12.9. The van der Waals surface area contributed by atoms with Crippen molar-refractivity contribution in [2.45, 2.75) is 71.7 Å². The molecule has 0 aliphatic rings. The van der Waals surface area contributed by atoms with Gasteiger partial charge in [-0.05, 0) is 34.1 Å². The summed E-state index contributed by atoms with van der Waals surface area (Å²) >= 11 is 0. The number of carboxylic acid groups (broad SMARTS) is 1. The molecule has 0 aliphatic heterocycles. The molecule has 14 heteroatoms. The number of nitrogens with one attached hydrogen (secondary N) is 2. The fourth-order valence-electron chi connectivity index (χ4n) is 3.00. The quantitative estimate of drug-likeness (QED) is 0.168. The second kappa shape index (κ2) is 11.7. The molecule has 13 nitrogen and oxygen atoms in total. The number of hydrogen-bond donors (Lipinski definition) is 4. The van der Waals surface area contributed by atoms with Gasteiger partial charge in [0.15, 0.2) is 11.5 Å². The molecule has 2 rings (SSSR count). The summed E-state index contributed by atoms with van der Waals surface area (Å²) in [6.45, 7) is 8.53. The minimum atomic E-state index is -3.72. The summed E-state index contributed by atoms with van der Waals surface area (Å²) < 4.78 is 26.4. The molecule has 2 aromatic heterocycles. The van der Waals surface area contributed by atoms with Gasteiger partial charge in [0.2, 0.25) is 7.44 Å². The molecule has 0 aromatic carbocycles. The minimum Gasteiger partial charge on any atom is -0.480 e. The third kappa shape index (κ3) is 7.45. The van der Waals surface area contributed by atoms with Crippen LogP contribution in [0, 0.1) is 0 Å². The highest BCUT2D eigenvalue weighted by Gasteiger charge is 2.38. The molecule has 0 spiro atoms. The molecule has 190 valence electrons. The highest BCUT2D eigenvalue weighted by molar-refractivity contribution is 7.59. The molecule has 0 bridgehead atoms. The lowest BCUT2D eigenvalue weighted by Crippen LogP contribution is -2.49. The highest BCUT2D eigenvalue weighted by Crippen LogP contribution is 2.40. The summed E-state index contributed by atoms with van der Waals surface area (Å²) in [4.78, 5) is 36.2. The average Bonchev–Trinajstić information content (AvgIpc) is 3.16. The monoisotopic (exact) mass is 499 g/mol. The number of imidazole rings is 1. The van der Waals surface area contributed by atoms with Gasteiger partial charge in [0.1, 0.15) is 29.8 Å². The Bertz CT molecular complexity index is 1040. The number of aliphatic carboxylic acids is 1. The normalized spacial score (nSPS) is 15.6. The van der Waals surface area contributed by atoms with Crippen molar-refractivity contribution in [3.63, 3.8) is 0 Å². The Morgan fingerprint density at radius 3 is 2.65 bits per heavy atom. The number of carbonyl (C=O) groups is 2. The molecule has 0 radical (unpaired) electrons. The van der Waals surface area contributed by atoms with Crippen LogP contribution in [-0.4, -0.2) is 67.2 Å². The van der Waals surface area contributed by atoms with E-state index in [-0.39, 0.29) is 18.8 Å². The van der Waals surface area contributed by atoms with Crippen molar-refractivity contribution in [1.82, 2.24) is 29.7 Å². The first-order chi connectivity index (χ1) is 15.9. The van der Waals surface area contributed by atoms with Gasteiger partial charge >= 0.3 is 11.9 Å². The maximum Gasteiger partial charge on any atom is 0.323 e. The molecule has 2 heterocycles. The molecule has 1 unspecified atom stereocenters. The first kappa shape index (κ1) is 27.6. The zero-order valence-corrected chi connectivity index (χ0v) is 21.0. The molecule has 0 saturated carbocycles. The number of unbranched alkanes of at least 4 members (excludes halogenated alkanes) is 1. The summed E-state index contributed by atoms with van der Waals surface area (Å²) in [5.41, 5.74) is 5.25. The van der Waals surface area contributed by atoms with E-state index >= 15 is 0 Å². The molecule has 2 aromatic rings. The van der Waals surface area contributed by atoms with Gasteiger partial charge in [0, 0.05) is 0 Å². The maximum absolute atomic E-state index is 13.7. The molecule has 5 N–H and O–H groups in total. The number of carbonyl (C=O) groups excluding carboxylic acids is 1. The number of esters is 1. The average molecular weight is 500 g/mol. The second-order valence-electron chi connectivity index (χ2n) is 8.59. The molecule has 0 fully saturated rings. The number of aromatic nitrogens is 4. The van der Waals surface area contributed by atoms with Gasteiger partial charge < -0.3 is 24.9 Å². The number of nitrogen functional groups attached to an aromatic ring is 1. The molecule has 0 aliphatic carbocycles. The van der Waals surface area contributed by atoms with E-state index in [0.717, 1.165) is 6.42 Å². The Hall–Kier alpha value is -2.60. The number of fused-ring (bicyclic) bond motifs is 1. The van der Waals surface area contributed by atoms with Crippen LogP contribution in [0.2, 0.25) is 0 Å². The van der Waals surface area contributed by atoms with Gasteiger partial charge in [-0.2, -0.15) is 0 Å². The van der Waals surface area contributed by atoms with Crippen molar-refractivity contribution in [3.05, 3.63) is 12.7 Å². The molecule has 0 amide bonds. The van der Waals surface area contributed by atoms with Crippen LogP contribution in [-0.2, 0) is 30.2 Å². The number of hydrogen-bond acceptors (Lipinski definition) is 9. The third-order valence-corrected chi connectivity index (χ3v) is 7.15. The van der Waals surface area contributed by atoms with E-state index in [4.69, 9.17) is 15.2 Å². The Kier molecular flexibility index (Phi) is 9.51. The van der Waals surface area contributed by atoms with E-state index in [9.17, 15) is 19.3 Å². The summed E-state index contributed by atoms with van der Waals surface area (Å²) in [7, 11) is -3.72. The number of anilines is 1. The maximum atomic E-state index is 13.7. The number of nitrogens with two attached hydrogens (primary N) is 1. The number of ether oxygens (including phenoxy) is 2. The molecular weight excluding hydrogens is 465 g/mol. The highest BCUT2D eigenvalue weighted by atomic mass is 31.2. The van der Waals surface area contributed by atoms with Crippen molar-refractivity contribution in [2.75, 3.05) is 18.7 Å². The summed E-state index contributed by atoms with van der Waals surface area (Å²) in [6.07, 6.45) is 3.61. The lowest BCUT2D eigenvalue weighted by molar-refractivity contribution is -0.145. The van der Waals surface area contributed by atoms with Crippen LogP contribution < -0.4 is 15.9 Å². The van der Waals surface area contributed by atoms with Crippen molar-refractivity contribution < 1.29 is 28.7 Å². The van der Waals surface area contributed by atoms with Gasteiger partial charge in [-0.3, -0.25) is 14.2 Å².